The van der Waals surface area contributed by atoms with Gasteiger partial charge in [0, 0.05) is 38.2 Å². The highest BCUT2D eigenvalue weighted by Crippen LogP contribution is 2.57. The summed E-state index contributed by atoms with van der Waals surface area (Å²) in [6, 6.07) is 60.9. The molecule has 0 unspecified atom stereocenters. The first-order chi connectivity index (χ1) is 40.7. The number of hydrogen-bond acceptors (Lipinski definition) is 0. The van der Waals surface area contributed by atoms with E-state index in [0.29, 0.717) is 0 Å². The van der Waals surface area contributed by atoms with E-state index in [4.69, 9.17) is 0 Å². The van der Waals surface area contributed by atoms with Crippen molar-refractivity contribution in [2.45, 2.75) is 182 Å². The molecule has 0 radical (unpaired) electrons. The normalized spacial score (nSPS) is 15.1. The summed E-state index contributed by atoms with van der Waals surface area (Å²) >= 11 is 0. The summed E-state index contributed by atoms with van der Waals surface area (Å²) in [5.74, 6) is 0. The highest BCUT2D eigenvalue weighted by atomic mass is 15.0. The van der Waals surface area contributed by atoms with Gasteiger partial charge in [-0.2, -0.15) is 0 Å². The van der Waals surface area contributed by atoms with Crippen LogP contribution in [-0.2, 0) is 16.2 Å². The molecule has 2 aliphatic heterocycles. The van der Waals surface area contributed by atoms with Crippen molar-refractivity contribution in [3.63, 3.8) is 0 Å². The fourth-order valence-corrected chi connectivity index (χ4v) is 17.5. The molecule has 0 bridgehead atoms. The molecule has 4 aliphatic rings. The molecule has 2 heteroatoms. The van der Waals surface area contributed by atoms with Gasteiger partial charge in [0.2, 0.25) is 6.71 Å². The molecule has 3 heterocycles. The molecule has 0 saturated carbocycles. The first-order valence-electron chi connectivity index (χ1n) is 32.7. The summed E-state index contributed by atoms with van der Waals surface area (Å²) < 4.78 is 2.67. The molecule has 2 aliphatic carbocycles. The number of fused-ring (bicyclic) bond motifs is 7. The van der Waals surface area contributed by atoms with E-state index in [1.165, 1.54) is 239 Å². The van der Waals surface area contributed by atoms with Crippen molar-refractivity contribution in [3.05, 3.63) is 213 Å². The van der Waals surface area contributed by atoms with Gasteiger partial charge in [0.1, 0.15) is 0 Å². The summed E-state index contributed by atoms with van der Waals surface area (Å²) in [5.41, 5.74) is 37.3. The van der Waals surface area contributed by atoms with Crippen molar-refractivity contribution >= 4 is 44.9 Å². The van der Waals surface area contributed by atoms with Gasteiger partial charge in [-0.05, 0) is 183 Å². The van der Waals surface area contributed by atoms with Gasteiger partial charge in [-0.15, -0.1) is 0 Å². The summed E-state index contributed by atoms with van der Waals surface area (Å²) in [6.45, 7) is 26.3. The molecule has 1 aromatic heterocycles. The molecular formula is C82H86BN. The van der Waals surface area contributed by atoms with E-state index in [9.17, 15) is 0 Å². The largest absolute Gasteiger partial charge is 0.310 e. The lowest BCUT2D eigenvalue weighted by Crippen LogP contribution is -2.58. The Morgan fingerprint density at radius 3 is 1.48 bits per heavy atom. The molecule has 0 N–H and O–H groups in total. The number of para-hydroxylation sites is 2. The van der Waals surface area contributed by atoms with Crippen LogP contribution < -0.4 is 16.4 Å². The maximum Gasteiger partial charge on any atom is 0.247 e. The van der Waals surface area contributed by atoms with E-state index in [2.05, 4.69) is 232 Å². The standard InChI is InChI=1S/C82H86BN/c1-12-14-16-18-20-24-40-82(41-25-21-19-17-15-13-2)67-31-23-22-28-61(67)64-39-35-57(48-71(64)82)56-34-37-62-63-38-36-58(47-70(63)81(10,11)69(62)46-56)59-44-52(4)75(53(5)45-59)60-49-72-79-74(50-60)83(76-54(6)42-51(3)43-55(76)7)73-33-27-30-66-65-29-26-32-68(80(72,8)9)77(65)84(79)78(66)73/h22-23,26-39,42-50H,12-21,24-25,40-41H2,1-11H3. The van der Waals surface area contributed by atoms with Gasteiger partial charge in [-0.1, -0.05) is 268 Å². The minimum atomic E-state index is -0.208. The molecule has 422 valence electrons. The molecule has 0 atom stereocenters. The molecule has 14 rings (SSSR count). The van der Waals surface area contributed by atoms with Crippen LogP contribution in [0.1, 0.15) is 193 Å². The average molecular weight is 1100 g/mol. The van der Waals surface area contributed by atoms with Gasteiger partial charge in [-0.25, -0.2) is 0 Å². The highest BCUT2D eigenvalue weighted by Gasteiger charge is 2.45. The maximum atomic E-state index is 2.67. The summed E-state index contributed by atoms with van der Waals surface area (Å²) in [5, 5.41) is 2.73. The third-order valence-electron chi connectivity index (χ3n) is 21.5. The molecule has 84 heavy (non-hydrogen) atoms. The Kier molecular flexibility index (Phi) is 13.6. The van der Waals surface area contributed by atoms with Crippen LogP contribution in [0.15, 0.2) is 152 Å². The number of unbranched alkanes of at least 4 members (excludes halogenated alkanes) is 10. The van der Waals surface area contributed by atoms with Crippen molar-refractivity contribution < 1.29 is 0 Å². The van der Waals surface area contributed by atoms with Crippen molar-refractivity contribution in [2.75, 3.05) is 0 Å². The quantitative estimate of drug-likeness (QED) is 0.0596. The molecule has 0 spiro atoms. The Hall–Kier alpha value is -7.16. The molecule has 10 aromatic rings. The lowest BCUT2D eigenvalue weighted by molar-refractivity contribution is 0.398. The molecule has 0 amide bonds. The number of aryl methyl sites for hydroxylation is 5. The van der Waals surface area contributed by atoms with Gasteiger partial charge in [0.05, 0.1) is 5.52 Å². The SMILES string of the molecule is CCCCCCCCC1(CCCCCCCC)c2ccccc2-c2ccc(-c3ccc4c(c3)C(C)(C)c3cc(-c5cc(C)c(-c6cc7c8c(c6)C(C)(C)c6cccc9c%10cccc(c%10n-8c69)B7c6c(C)cc(C)cc6C)c(C)c5)ccc3-4)cc21. The lowest BCUT2D eigenvalue weighted by atomic mass is 9.33. The van der Waals surface area contributed by atoms with E-state index in [-0.39, 0.29) is 23.0 Å². The predicted octanol–water partition coefficient (Wildman–Crippen LogP) is 20.9. The van der Waals surface area contributed by atoms with Crippen LogP contribution in [0.5, 0.6) is 0 Å². The molecule has 1 nitrogen and oxygen atoms in total. The Morgan fingerprint density at radius 2 is 0.857 bits per heavy atom. The molecule has 0 fully saturated rings. The van der Waals surface area contributed by atoms with Crippen molar-refractivity contribution in [1.82, 2.24) is 4.57 Å². The molecular weight excluding hydrogens is 1010 g/mol. The van der Waals surface area contributed by atoms with Crippen LogP contribution in [0.25, 0.3) is 83.1 Å². The fraction of sp³-hybridized carbons (Fsp3) is 0.341. The summed E-state index contributed by atoms with van der Waals surface area (Å²) in [6.07, 6.45) is 18.5. The van der Waals surface area contributed by atoms with Crippen LogP contribution in [-0.4, -0.2) is 11.3 Å². The van der Waals surface area contributed by atoms with Gasteiger partial charge < -0.3 is 4.57 Å². The summed E-state index contributed by atoms with van der Waals surface area (Å²) in [7, 11) is 0. The van der Waals surface area contributed by atoms with Gasteiger partial charge in [0.15, 0.2) is 0 Å². The summed E-state index contributed by atoms with van der Waals surface area (Å²) in [4.78, 5) is 0. The first kappa shape index (κ1) is 54.8. The van der Waals surface area contributed by atoms with Gasteiger partial charge >= 0.3 is 0 Å². The van der Waals surface area contributed by atoms with Gasteiger partial charge in [0.25, 0.3) is 0 Å². The monoisotopic (exact) mass is 1100 g/mol. The van der Waals surface area contributed by atoms with E-state index in [1.807, 2.05) is 0 Å². The van der Waals surface area contributed by atoms with Crippen LogP contribution in [0.2, 0.25) is 0 Å². The predicted molar refractivity (Wildman–Crippen MR) is 364 cm³/mol. The Morgan fingerprint density at radius 1 is 0.369 bits per heavy atom. The van der Waals surface area contributed by atoms with Crippen molar-refractivity contribution in [2.24, 2.45) is 0 Å². The van der Waals surface area contributed by atoms with E-state index >= 15 is 0 Å². The highest BCUT2D eigenvalue weighted by molar-refractivity contribution is 6.98. The number of nitrogens with zero attached hydrogens (tertiary/aromatic N) is 1. The maximum absolute atomic E-state index is 2.67. The van der Waals surface area contributed by atoms with Crippen LogP contribution >= 0.6 is 0 Å². The zero-order valence-electron chi connectivity index (χ0n) is 52.4. The van der Waals surface area contributed by atoms with E-state index in [1.54, 1.807) is 11.1 Å². The minimum Gasteiger partial charge on any atom is -0.310 e. The number of hydrogen-bond donors (Lipinski definition) is 0. The van der Waals surface area contributed by atoms with E-state index < -0.39 is 0 Å². The van der Waals surface area contributed by atoms with E-state index in [0.717, 1.165) is 0 Å². The Bertz CT molecular complexity index is 4240. The Balaban J connectivity index is 0.816. The fourth-order valence-electron chi connectivity index (χ4n) is 17.5. The second-order valence-corrected chi connectivity index (χ2v) is 27.7. The third kappa shape index (κ3) is 8.37. The zero-order valence-corrected chi connectivity index (χ0v) is 52.4. The number of aromatic nitrogens is 1. The second-order valence-electron chi connectivity index (χ2n) is 27.7. The second kappa shape index (κ2) is 20.8. The molecule has 0 saturated heterocycles. The van der Waals surface area contributed by atoms with Crippen molar-refractivity contribution in [1.29, 1.82) is 0 Å². The zero-order chi connectivity index (χ0) is 58.0. The minimum absolute atomic E-state index is 0.0642. The average Bonchev–Trinajstić information content (AvgIpc) is 1.50. The van der Waals surface area contributed by atoms with Crippen LogP contribution in [0, 0.1) is 34.6 Å². The Labute approximate surface area is 503 Å². The van der Waals surface area contributed by atoms with Crippen LogP contribution in [0.4, 0.5) is 0 Å². The lowest BCUT2D eigenvalue weighted by Gasteiger charge is -2.40. The third-order valence-corrected chi connectivity index (χ3v) is 21.5. The van der Waals surface area contributed by atoms with Gasteiger partial charge in [-0.3, -0.25) is 0 Å². The topological polar surface area (TPSA) is 4.93 Å². The smallest absolute Gasteiger partial charge is 0.247 e. The first-order valence-corrected chi connectivity index (χ1v) is 32.7. The molecule has 9 aromatic carbocycles. The number of rotatable bonds is 18. The van der Waals surface area contributed by atoms with Crippen LogP contribution in [0.3, 0.4) is 0 Å². The number of benzene rings is 9. The van der Waals surface area contributed by atoms with Crippen molar-refractivity contribution in [3.8, 4) is 61.3 Å².